The van der Waals surface area contributed by atoms with Crippen LogP contribution in [0.4, 0.5) is 29.5 Å². The number of rotatable bonds is 6. The minimum absolute atomic E-state index is 0.0671. The SMILES string of the molecule is O=C(Nc1cc(F)c(Oc2ccnc(NC(=O)N3CC4CC(O)CC4C3)c2)cc1F)c1cccn(-c2ccc(F)cc2)c1=O. The van der Waals surface area contributed by atoms with Crippen LogP contribution in [0.5, 0.6) is 11.5 Å². The normalized spacial score (nSPS) is 19.0. The van der Waals surface area contributed by atoms with Crippen molar-refractivity contribution in [3.05, 3.63) is 106 Å². The maximum absolute atomic E-state index is 15.0. The Morgan fingerprint density at radius 3 is 2.39 bits per heavy atom. The fraction of sp³-hybridized carbons (Fsp3) is 0.226. The minimum atomic E-state index is -1.03. The van der Waals surface area contributed by atoms with Crippen LogP contribution in [0.2, 0.25) is 0 Å². The third-order valence-electron chi connectivity index (χ3n) is 7.77. The van der Waals surface area contributed by atoms with Crippen molar-refractivity contribution in [3.8, 4) is 17.2 Å². The summed E-state index contributed by atoms with van der Waals surface area (Å²) in [7, 11) is 0. The molecule has 2 unspecified atom stereocenters. The topological polar surface area (TPSA) is 126 Å². The molecule has 3 amide bonds. The summed E-state index contributed by atoms with van der Waals surface area (Å²) in [6.45, 7) is 1.07. The molecule has 0 spiro atoms. The van der Waals surface area contributed by atoms with Gasteiger partial charge in [0.05, 0.1) is 11.8 Å². The van der Waals surface area contributed by atoms with Crippen molar-refractivity contribution in [2.45, 2.75) is 18.9 Å². The van der Waals surface area contributed by atoms with Gasteiger partial charge in [-0.05, 0) is 67.1 Å². The van der Waals surface area contributed by atoms with E-state index < -0.39 is 40.4 Å². The van der Waals surface area contributed by atoms with Crippen LogP contribution >= 0.6 is 0 Å². The smallest absolute Gasteiger partial charge is 0.323 e. The number of halogens is 3. The van der Waals surface area contributed by atoms with E-state index in [0.29, 0.717) is 31.6 Å². The van der Waals surface area contributed by atoms with Gasteiger partial charge in [-0.1, -0.05) is 0 Å². The van der Waals surface area contributed by atoms with Crippen LogP contribution in [0.1, 0.15) is 23.2 Å². The molecule has 2 aromatic carbocycles. The predicted octanol–water partition coefficient (Wildman–Crippen LogP) is 4.93. The lowest BCUT2D eigenvalue weighted by Crippen LogP contribution is -2.34. The van der Waals surface area contributed by atoms with Crippen LogP contribution < -0.4 is 20.9 Å². The lowest BCUT2D eigenvalue weighted by Gasteiger charge is -2.18. The van der Waals surface area contributed by atoms with Gasteiger partial charge >= 0.3 is 6.03 Å². The molecule has 2 aromatic heterocycles. The number of carbonyl (C=O) groups excluding carboxylic acids is 2. The number of benzene rings is 2. The van der Waals surface area contributed by atoms with Crippen molar-refractivity contribution in [3.63, 3.8) is 0 Å². The van der Waals surface area contributed by atoms with Crippen molar-refractivity contribution in [1.29, 1.82) is 0 Å². The lowest BCUT2D eigenvalue weighted by atomic mass is 10.0. The number of likely N-dealkylation sites (tertiary alicyclic amines) is 1. The number of pyridine rings is 2. The van der Waals surface area contributed by atoms with E-state index in [-0.39, 0.29) is 41.1 Å². The number of urea groups is 1. The Hall–Kier alpha value is -5.17. The molecule has 3 N–H and O–H groups in total. The summed E-state index contributed by atoms with van der Waals surface area (Å²) in [5, 5.41) is 14.7. The molecule has 1 saturated heterocycles. The number of nitrogens with zero attached hydrogens (tertiary/aromatic N) is 3. The summed E-state index contributed by atoms with van der Waals surface area (Å²) < 4.78 is 49.8. The second-order valence-electron chi connectivity index (χ2n) is 10.7. The maximum Gasteiger partial charge on any atom is 0.323 e. The molecule has 10 nitrogen and oxygen atoms in total. The first-order valence-corrected chi connectivity index (χ1v) is 13.8. The van der Waals surface area contributed by atoms with Crippen LogP contribution in [0, 0.1) is 29.3 Å². The number of hydrogen-bond donors (Lipinski definition) is 3. The Bertz CT molecular complexity index is 1780. The van der Waals surface area contributed by atoms with Crippen molar-refractivity contribution >= 4 is 23.4 Å². The highest BCUT2D eigenvalue weighted by Gasteiger charge is 2.41. The highest BCUT2D eigenvalue weighted by molar-refractivity contribution is 6.04. The molecule has 6 rings (SSSR count). The molecule has 3 heterocycles. The van der Waals surface area contributed by atoms with Gasteiger partial charge in [0.1, 0.15) is 22.9 Å². The van der Waals surface area contributed by atoms with E-state index in [9.17, 15) is 32.7 Å². The molecule has 226 valence electrons. The molecule has 1 saturated carbocycles. The summed E-state index contributed by atoms with van der Waals surface area (Å²) in [5.41, 5.74) is -1.31. The minimum Gasteiger partial charge on any atom is -0.454 e. The Labute approximate surface area is 248 Å². The maximum atomic E-state index is 15.0. The Morgan fingerprint density at radius 2 is 1.66 bits per heavy atom. The second-order valence-corrected chi connectivity index (χ2v) is 10.7. The number of amides is 3. The number of hydrogen-bond acceptors (Lipinski definition) is 6. The van der Waals surface area contributed by atoms with Gasteiger partial charge < -0.3 is 20.1 Å². The van der Waals surface area contributed by atoms with Crippen molar-refractivity contribution in [2.24, 2.45) is 11.8 Å². The van der Waals surface area contributed by atoms with E-state index in [1.165, 1.54) is 48.8 Å². The molecule has 4 aromatic rings. The molecule has 1 aliphatic heterocycles. The third kappa shape index (κ3) is 5.99. The monoisotopic (exact) mass is 605 g/mol. The van der Waals surface area contributed by atoms with Gasteiger partial charge in [-0.3, -0.25) is 19.5 Å². The Morgan fingerprint density at radius 1 is 0.932 bits per heavy atom. The fourth-order valence-corrected chi connectivity index (χ4v) is 5.66. The van der Waals surface area contributed by atoms with Crippen LogP contribution in [-0.4, -0.2) is 50.7 Å². The highest BCUT2D eigenvalue weighted by atomic mass is 19.1. The summed E-state index contributed by atoms with van der Waals surface area (Å²) in [6.07, 6.45) is 3.74. The summed E-state index contributed by atoms with van der Waals surface area (Å²) in [6, 6.07) is 11.5. The van der Waals surface area contributed by atoms with Crippen LogP contribution in [-0.2, 0) is 0 Å². The van der Waals surface area contributed by atoms with Gasteiger partial charge in [0.25, 0.3) is 11.5 Å². The van der Waals surface area contributed by atoms with E-state index in [2.05, 4.69) is 15.6 Å². The lowest BCUT2D eigenvalue weighted by molar-refractivity contribution is 0.102. The molecule has 2 aliphatic rings. The highest BCUT2D eigenvalue weighted by Crippen LogP contribution is 2.38. The standard InChI is InChI=1S/C31H26F3N5O5/c32-19-3-5-20(6-4-19)39-9-1-2-23(30(39)42)29(41)36-26-13-25(34)27(14-24(26)33)44-22-7-8-35-28(12-22)37-31(43)38-15-17-10-21(40)11-18(17)16-38/h1-9,12-14,17-18,21,40H,10-11,15-16H2,(H,36,41)(H,35,37,43). The first-order chi connectivity index (χ1) is 21.1. The van der Waals surface area contributed by atoms with E-state index >= 15 is 0 Å². The zero-order valence-electron chi connectivity index (χ0n) is 23.0. The van der Waals surface area contributed by atoms with Crippen molar-refractivity contribution in [2.75, 3.05) is 23.7 Å². The quantitative estimate of drug-likeness (QED) is 0.286. The summed E-state index contributed by atoms with van der Waals surface area (Å²) in [5.74, 6) is -3.28. The number of aliphatic hydroxyl groups is 1. The fourth-order valence-electron chi connectivity index (χ4n) is 5.66. The first-order valence-electron chi connectivity index (χ1n) is 13.8. The van der Waals surface area contributed by atoms with Crippen LogP contribution in [0.25, 0.3) is 5.69 Å². The number of aromatic nitrogens is 2. The molecule has 2 fully saturated rings. The second kappa shape index (κ2) is 11.8. The molecular weight excluding hydrogens is 579 g/mol. The van der Waals surface area contributed by atoms with E-state index in [0.717, 1.165) is 28.8 Å². The largest absolute Gasteiger partial charge is 0.454 e. The number of carbonyl (C=O) groups is 2. The molecule has 0 bridgehead atoms. The molecule has 1 aliphatic carbocycles. The van der Waals surface area contributed by atoms with E-state index in [1.807, 2.05) is 0 Å². The van der Waals surface area contributed by atoms with Gasteiger partial charge in [0.2, 0.25) is 0 Å². The molecule has 44 heavy (non-hydrogen) atoms. The number of fused-ring (bicyclic) bond motifs is 1. The zero-order valence-corrected chi connectivity index (χ0v) is 23.0. The molecule has 0 radical (unpaired) electrons. The first kappa shape index (κ1) is 28.9. The number of ether oxygens (including phenoxy) is 1. The Balaban J connectivity index is 1.12. The van der Waals surface area contributed by atoms with E-state index in [4.69, 9.17) is 4.74 Å². The summed E-state index contributed by atoms with van der Waals surface area (Å²) >= 11 is 0. The molecule has 13 heteroatoms. The third-order valence-corrected chi connectivity index (χ3v) is 7.77. The average Bonchev–Trinajstić information content (AvgIpc) is 3.54. The van der Waals surface area contributed by atoms with E-state index in [1.54, 1.807) is 4.90 Å². The average molecular weight is 606 g/mol. The predicted molar refractivity (Wildman–Crippen MR) is 153 cm³/mol. The van der Waals surface area contributed by atoms with Crippen molar-refractivity contribution in [1.82, 2.24) is 14.5 Å². The van der Waals surface area contributed by atoms with Gasteiger partial charge in [-0.25, -0.2) is 22.9 Å². The zero-order chi connectivity index (χ0) is 31.0. The Kier molecular flexibility index (Phi) is 7.78. The van der Waals surface area contributed by atoms with Crippen molar-refractivity contribution < 1.29 is 32.6 Å². The number of nitrogens with one attached hydrogen (secondary N) is 2. The molecule has 2 atom stereocenters. The van der Waals surface area contributed by atoms with Gasteiger partial charge in [-0.15, -0.1) is 0 Å². The van der Waals surface area contributed by atoms with Crippen LogP contribution in [0.15, 0.2) is 77.9 Å². The van der Waals surface area contributed by atoms with Gasteiger partial charge in [0, 0.05) is 49.4 Å². The number of aliphatic hydroxyl groups excluding tert-OH is 1. The van der Waals surface area contributed by atoms with Gasteiger partial charge in [0.15, 0.2) is 17.4 Å². The summed E-state index contributed by atoms with van der Waals surface area (Å²) in [4.78, 5) is 44.2. The number of anilines is 2. The van der Waals surface area contributed by atoms with Crippen LogP contribution in [0.3, 0.4) is 0 Å². The molecular formula is C31H26F3N5O5. The van der Waals surface area contributed by atoms with Gasteiger partial charge in [-0.2, -0.15) is 0 Å².